The fourth-order valence-corrected chi connectivity index (χ4v) is 3.81. The van der Waals surface area contributed by atoms with E-state index in [0.29, 0.717) is 40.9 Å². The molecular formula is C22H22ClF3N6O2S. The van der Waals surface area contributed by atoms with Gasteiger partial charge in [0.15, 0.2) is 11.6 Å². The first-order valence-electron chi connectivity index (χ1n) is 10.4. The van der Waals surface area contributed by atoms with E-state index >= 15 is 0 Å². The minimum atomic E-state index is -5.67. The molecule has 1 heterocycles. The number of hydrogen-bond donors (Lipinski definition) is 1. The lowest BCUT2D eigenvalue weighted by atomic mass is 10.2. The molecule has 2 aromatic carbocycles. The predicted molar refractivity (Wildman–Crippen MR) is 130 cm³/mol. The van der Waals surface area contributed by atoms with Gasteiger partial charge >= 0.3 is 15.5 Å². The lowest BCUT2D eigenvalue weighted by Gasteiger charge is -2.22. The van der Waals surface area contributed by atoms with Gasteiger partial charge in [-0.05, 0) is 63.2 Å². The summed E-state index contributed by atoms with van der Waals surface area (Å²) in [5.74, 6) is 0.491. The molecule has 1 aromatic heterocycles. The third-order valence-corrected chi connectivity index (χ3v) is 6.21. The molecule has 0 aliphatic carbocycles. The number of alkyl halides is 3. The molecular weight excluding hydrogens is 505 g/mol. The van der Waals surface area contributed by atoms with Gasteiger partial charge in [-0.2, -0.15) is 21.6 Å². The minimum Gasteiger partial charge on any atom is -0.372 e. The molecule has 1 N–H and O–H groups in total. The first kappa shape index (κ1) is 26.4. The van der Waals surface area contributed by atoms with Crippen LogP contribution in [0.1, 0.15) is 19.5 Å². The average Bonchev–Trinajstić information content (AvgIpc) is 2.78. The molecule has 0 aliphatic heterocycles. The van der Waals surface area contributed by atoms with E-state index in [9.17, 15) is 21.6 Å². The van der Waals surface area contributed by atoms with Gasteiger partial charge in [-0.15, -0.1) is 10.2 Å². The van der Waals surface area contributed by atoms with Crippen LogP contribution in [-0.4, -0.2) is 37.0 Å². The van der Waals surface area contributed by atoms with E-state index in [1.54, 1.807) is 42.0 Å². The Kier molecular flexibility index (Phi) is 7.96. The van der Waals surface area contributed by atoms with Gasteiger partial charge in [0.2, 0.25) is 0 Å². The molecule has 0 fully saturated rings. The van der Waals surface area contributed by atoms with Crippen molar-refractivity contribution in [2.45, 2.75) is 26.3 Å². The number of aryl methyl sites for hydroxylation is 1. The Morgan fingerprint density at radius 1 is 1.00 bits per heavy atom. The van der Waals surface area contributed by atoms with E-state index in [1.807, 2.05) is 18.7 Å². The predicted octanol–water partition coefficient (Wildman–Crippen LogP) is 6.63. The summed E-state index contributed by atoms with van der Waals surface area (Å²) in [7, 11) is -5.67. The quantitative estimate of drug-likeness (QED) is 0.332. The number of rotatable bonds is 8. The minimum absolute atomic E-state index is 0.113. The maximum Gasteiger partial charge on any atom is 0.516 e. The molecule has 0 radical (unpaired) electrons. The van der Waals surface area contributed by atoms with Gasteiger partial charge in [0, 0.05) is 41.1 Å². The zero-order valence-corrected chi connectivity index (χ0v) is 20.6. The Morgan fingerprint density at radius 3 is 2.26 bits per heavy atom. The third kappa shape index (κ3) is 6.45. The Hall–Kier alpha value is -3.25. The lowest BCUT2D eigenvalue weighted by molar-refractivity contribution is -0.0429. The summed E-state index contributed by atoms with van der Waals surface area (Å²) < 4.78 is 64.2. The van der Waals surface area contributed by atoms with E-state index in [2.05, 4.69) is 20.2 Å². The first-order chi connectivity index (χ1) is 16.4. The standard InChI is InChI=1S/C22H22ClF3N6O2S/c1-4-32(5-2)17-10-11-18(19(13-17)31-35(33,34)22(24,25)26)29-30-20-12-14(3)27-21(28-20)15-6-8-16(23)9-7-15/h6-13,31H,4-5H2,1-3H3. The molecule has 3 rings (SSSR count). The molecule has 0 spiro atoms. The molecule has 0 unspecified atom stereocenters. The summed E-state index contributed by atoms with van der Waals surface area (Å²) in [4.78, 5) is 10.5. The van der Waals surface area contributed by atoms with Crippen LogP contribution in [0.5, 0.6) is 0 Å². The Morgan fingerprint density at radius 2 is 1.66 bits per heavy atom. The molecule has 0 amide bonds. The number of hydrogen-bond acceptors (Lipinski definition) is 7. The van der Waals surface area contributed by atoms with Crippen LogP contribution in [0.25, 0.3) is 11.4 Å². The Balaban J connectivity index is 2.02. The van der Waals surface area contributed by atoms with Crippen molar-refractivity contribution in [3.8, 4) is 11.4 Å². The van der Waals surface area contributed by atoms with Crippen LogP contribution in [0.15, 0.2) is 58.8 Å². The summed E-state index contributed by atoms with van der Waals surface area (Å²) in [6.07, 6.45) is 0. The van der Waals surface area contributed by atoms with Crippen molar-refractivity contribution in [1.29, 1.82) is 0 Å². The molecule has 13 heteroatoms. The molecule has 0 saturated carbocycles. The number of sulfonamides is 1. The van der Waals surface area contributed by atoms with Gasteiger partial charge in [-0.3, -0.25) is 4.72 Å². The molecule has 186 valence electrons. The van der Waals surface area contributed by atoms with Crippen molar-refractivity contribution in [1.82, 2.24) is 9.97 Å². The summed E-state index contributed by atoms with van der Waals surface area (Å²) in [5.41, 5.74) is -4.19. The molecule has 0 atom stereocenters. The van der Waals surface area contributed by atoms with E-state index in [4.69, 9.17) is 11.6 Å². The third-order valence-electron chi connectivity index (χ3n) is 4.86. The SMILES string of the molecule is CCN(CC)c1ccc(N=Nc2cc(C)nc(-c3ccc(Cl)cc3)n2)c(NS(=O)(=O)C(F)(F)F)c1. The average molecular weight is 527 g/mol. The smallest absolute Gasteiger partial charge is 0.372 e. The summed E-state index contributed by atoms with van der Waals surface area (Å²) >= 11 is 5.92. The second-order valence-electron chi connectivity index (χ2n) is 7.32. The molecule has 0 aliphatic rings. The zero-order valence-electron chi connectivity index (χ0n) is 19.0. The molecule has 3 aromatic rings. The molecule has 35 heavy (non-hydrogen) atoms. The number of azo groups is 1. The number of anilines is 2. The molecule has 0 bridgehead atoms. The monoisotopic (exact) mass is 526 g/mol. The van der Waals surface area contributed by atoms with Crippen molar-refractivity contribution in [3.63, 3.8) is 0 Å². The lowest BCUT2D eigenvalue weighted by Crippen LogP contribution is -2.30. The summed E-state index contributed by atoms with van der Waals surface area (Å²) in [5, 5.41) is 8.56. The number of nitrogens with zero attached hydrogens (tertiary/aromatic N) is 5. The Labute approximate surface area is 205 Å². The van der Waals surface area contributed by atoms with E-state index in [1.165, 1.54) is 18.2 Å². The number of nitrogens with one attached hydrogen (secondary N) is 1. The highest BCUT2D eigenvalue weighted by Crippen LogP contribution is 2.35. The van der Waals surface area contributed by atoms with Crippen LogP contribution >= 0.6 is 11.6 Å². The van der Waals surface area contributed by atoms with E-state index < -0.39 is 15.5 Å². The highest BCUT2D eigenvalue weighted by molar-refractivity contribution is 7.93. The van der Waals surface area contributed by atoms with Gasteiger partial charge < -0.3 is 4.90 Å². The first-order valence-corrected chi connectivity index (χ1v) is 12.3. The van der Waals surface area contributed by atoms with Crippen LogP contribution in [-0.2, 0) is 10.0 Å². The second-order valence-corrected chi connectivity index (χ2v) is 9.43. The van der Waals surface area contributed by atoms with Gasteiger partial charge in [0.25, 0.3) is 0 Å². The van der Waals surface area contributed by atoms with Crippen molar-refractivity contribution >= 4 is 44.5 Å². The van der Waals surface area contributed by atoms with Crippen LogP contribution in [0.2, 0.25) is 5.02 Å². The fourth-order valence-electron chi connectivity index (χ4n) is 3.12. The van der Waals surface area contributed by atoms with Gasteiger partial charge in [0.1, 0.15) is 5.69 Å². The largest absolute Gasteiger partial charge is 0.516 e. The van der Waals surface area contributed by atoms with Crippen molar-refractivity contribution in [2.75, 3.05) is 22.7 Å². The summed E-state index contributed by atoms with van der Waals surface area (Å²) in [6, 6.07) is 12.7. The van der Waals surface area contributed by atoms with Gasteiger partial charge in [-0.25, -0.2) is 9.97 Å². The number of halogens is 4. The van der Waals surface area contributed by atoms with Crippen molar-refractivity contribution < 1.29 is 21.6 Å². The van der Waals surface area contributed by atoms with Gasteiger partial charge in [-0.1, -0.05) is 11.6 Å². The maximum atomic E-state index is 13.0. The van der Waals surface area contributed by atoms with Crippen LogP contribution in [0.4, 0.5) is 36.1 Å². The molecule has 0 saturated heterocycles. The van der Waals surface area contributed by atoms with Crippen LogP contribution in [0.3, 0.4) is 0 Å². The Bertz CT molecular complexity index is 1330. The van der Waals surface area contributed by atoms with Crippen LogP contribution in [0, 0.1) is 6.92 Å². The normalized spacial score (nSPS) is 12.2. The van der Waals surface area contributed by atoms with E-state index in [0.717, 1.165) is 0 Å². The highest BCUT2D eigenvalue weighted by Gasteiger charge is 2.46. The van der Waals surface area contributed by atoms with E-state index in [-0.39, 0.29) is 17.2 Å². The van der Waals surface area contributed by atoms with Crippen molar-refractivity contribution in [3.05, 3.63) is 59.2 Å². The highest BCUT2D eigenvalue weighted by atomic mass is 35.5. The number of aromatic nitrogens is 2. The van der Waals surface area contributed by atoms with Gasteiger partial charge in [0.05, 0.1) is 5.69 Å². The fraction of sp³-hybridized carbons (Fsp3) is 0.273. The second kappa shape index (κ2) is 10.6. The van der Waals surface area contributed by atoms with Crippen LogP contribution < -0.4 is 9.62 Å². The topological polar surface area (TPSA) is 99.9 Å². The zero-order chi connectivity index (χ0) is 25.8. The number of benzene rings is 2. The maximum absolute atomic E-state index is 13.0. The summed E-state index contributed by atoms with van der Waals surface area (Å²) in [6.45, 7) is 6.59. The molecule has 8 nitrogen and oxygen atoms in total. The van der Waals surface area contributed by atoms with Crippen molar-refractivity contribution in [2.24, 2.45) is 10.2 Å².